The van der Waals surface area contributed by atoms with Crippen molar-refractivity contribution in [3.05, 3.63) is 21.9 Å². The Morgan fingerprint density at radius 1 is 1.60 bits per heavy atom. The molecule has 0 aromatic carbocycles. The van der Waals surface area contributed by atoms with E-state index in [4.69, 9.17) is 4.74 Å². The molecule has 0 aliphatic heterocycles. The monoisotopic (exact) mass is 227 g/mol. The summed E-state index contributed by atoms with van der Waals surface area (Å²) in [5, 5.41) is 5.14. The molecule has 0 amide bonds. The Morgan fingerprint density at radius 2 is 2.27 bits per heavy atom. The van der Waals surface area contributed by atoms with Crippen LogP contribution in [-0.2, 0) is 11.2 Å². The fourth-order valence-corrected chi connectivity index (χ4v) is 2.15. The number of hydrogen-bond acceptors (Lipinski definition) is 4. The number of carbonyl (C=O) groups excluding carboxylic acids is 1. The summed E-state index contributed by atoms with van der Waals surface area (Å²) in [5.74, 6) is -0.244. The number of carbonyl (C=O) groups is 1. The van der Waals surface area contributed by atoms with E-state index in [-0.39, 0.29) is 11.5 Å². The minimum Gasteiger partial charge on any atom is -0.465 e. The largest absolute Gasteiger partial charge is 0.465 e. The molecule has 1 aromatic heterocycles. The van der Waals surface area contributed by atoms with Crippen LogP contribution in [0.1, 0.15) is 29.1 Å². The van der Waals surface area contributed by atoms with Crippen molar-refractivity contribution in [1.29, 1.82) is 0 Å². The van der Waals surface area contributed by atoms with E-state index in [1.54, 1.807) is 0 Å². The van der Waals surface area contributed by atoms with E-state index in [0.717, 1.165) is 12.0 Å². The van der Waals surface area contributed by atoms with Gasteiger partial charge in [0.15, 0.2) is 0 Å². The molecule has 0 aliphatic carbocycles. The summed E-state index contributed by atoms with van der Waals surface area (Å²) >= 11 is 1.43. The van der Waals surface area contributed by atoms with Crippen LogP contribution in [0.4, 0.5) is 0 Å². The first-order valence-corrected chi connectivity index (χ1v) is 5.72. The van der Waals surface area contributed by atoms with Gasteiger partial charge < -0.3 is 10.1 Å². The number of esters is 1. The van der Waals surface area contributed by atoms with Crippen LogP contribution < -0.4 is 5.32 Å². The highest BCUT2D eigenvalue weighted by atomic mass is 32.1. The minimum absolute atomic E-state index is 0.0101. The maximum absolute atomic E-state index is 11.4. The number of likely N-dealkylation sites (N-methyl/N-ethyl adjacent to an activating group) is 1. The third-order valence-corrected chi connectivity index (χ3v) is 3.36. The summed E-state index contributed by atoms with van der Waals surface area (Å²) in [5.41, 5.74) is 1.04. The zero-order chi connectivity index (χ0) is 11.5. The quantitative estimate of drug-likeness (QED) is 0.800. The van der Waals surface area contributed by atoms with Gasteiger partial charge in [-0.05, 0) is 44.3 Å². The highest BCUT2D eigenvalue weighted by Gasteiger charge is 2.21. The van der Waals surface area contributed by atoms with Gasteiger partial charge in [-0.1, -0.05) is 0 Å². The van der Waals surface area contributed by atoms with Gasteiger partial charge in [0.1, 0.15) is 4.88 Å². The molecule has 0 bridgehead atoms. The Morgan fingerprint density at radius 3 is 2.80 bits per heavy atom. The summed E-state index contributed by atoms with van der Waals surface area (Å²) in [6.07, 6.45) is 0.817. The molecule has 0 aliphatic rings. The van der Waals surface area contributed by atoms with Gasteiger partial charge in [0.05, 0.1) is 7.11 Å². The molecule has 1 heterocycles. The predicted octanol–water partition coefficient (Wildman–Crippen LogP) is 2.08. The lowest BCUT2D eigenvalue weighted by atomic mass is 9.95. The van der Waals surface area contributed by atoms with Gasteiger partial charge in [0.25, 0.3) is 0 Å². The zero-order valence-electron chi connectivity index (χ0n) is 9.59. The summed E-state index contributed by atoms with van der Waals surface area (Å²) in [6, 6.07) is 1.98. The Kier molecular flexibility index (Phi) is 3.88. The van der Waals surface area contributed by atoms with Gasteiger partial charge in [-0.25, -0.2) is 4.79 Å². The Bertz CT molecular complexity index is 344. The molecule has 0 saturated carbocycles. The number of rotatable bonds is 4. The van der Waals surface area contributed by atoms with E-state index < -0.39 is 0 Å². The van der Waals surface area contributed by atoms with Crippen LogP contribution in [0.25, 0.3) is 0 Å². The van der Waals surface area contributed by atoms with E-state index in [2.05, 4.69) is 19.2 Å². The van der Waals surface area contributed by atoms with Crippen LogP contribution in [0.5, 0.6) is 0 Å². The number of nitrogens with one attached hydrogen (secondary N) is 1. The molecule has 4 heteroatoms. The molecule has 1 rings (SSSR count). The molecule has 15 heavy (non-hydrogen) atoms. The van der Waals surface area contributed by atoms with Gasteiger partial charge >= 0.3 is 5.97 Å². The fraction of sp³-hybridized carbons (Fsp3) is 0.545. The minimum atomic E-state index is -0.244. The average molecular weight is 227 g/mol. The molecule has 84 valence electrons. The van der Waals surface area contributed by atoms with E-state index in [9.17, 15) is 4.79 Å². The summed E-state index contributed by atoms with van der Waals surface area (Å²) in [4.78, 5) is 12.1. The Hall–Kier alpha value is -0.870. The van der Waals surface area contributed by atoms with Crippen molar-refractivity contribution in [3.8, 4) is 0 Å². The van der Waals surface area contributed by atoms with E-state index in [0.29, 0.717) is 4.88 Å². The topological polar surface area (TPSA) is 38.3 Å². The van der Waals surface area contributed by atoms with Crippen molar-refractivity contribution < 1.29 is 9.53 Å². The second-order valence-corrected chi connectivity index (χ2v) is 4.99. The van der Waals surface area contributed by atoms with Crippen molar-refractivity contribution in [3.63, 3.8) is 0 Å². The molecule has 3 nitrogen and oxygen atoms in total. The van der Waals surface area contributed by atoms with E-state index >= 15 is 0 Å². The van der Waals surface area contributed by atoms with Crippen LogP contribution in [0.2, 0.25) is 0 Å². The number of ether oxygens (including phenoxy) is 1. The van der Waals surface area contributed by atoms with Crippen molar-refractivity contribution in [1.82, 2.24) is 5.32 Å². The van der Waals surface area contributed by atoms with Gasteiger partial charge in [-0.2, -0.15) is 0 Å². The Balaban J connectivity index is 2.87. The summed E-state index contributed by atoms with van der Waals surface area (Å²) in [7, 11) is 3.33. The number of thiophene rings is 1. The summed E-state index contributed by atoms with van der Waals surface area (Å²) in [6.45, 7) is 4.21. The van der Waals surface area contributed by atoms with Crippen LogP contribution in [-0.4, -0.2) is 25.7 Å². The second kappa shape index (κ2) is 4.77. The maximum Gasteiger partial charge on any atom is 0.348 e. The number of hydrogen-bond donors (Lipinski definition) is 1. The highest BCUT2D eigenvalue weighted by Crippen LogP contribution is 2.22. The standard InChI is InChI=1S/C11H17NO2S/c1-11(2,12-3)7-8-5-6-15-9(8)10(13)14-4/h5-6,12H,7H2,1-4H3. The zero-order valence-corrected chi connectivity index (χ0v) is 10.4. The van der Waals surface area contributed by atoms with Gasteiger partial charge in [-0.15, -0.1) is 11.3 Å². The predicted molar refractivity (Wildman–Crippen MR) is 62.5 cm³/mol. The molecule has 1 N–H and O–H groups in total. The lowest BCUT2D eigenvalue weighted by molar-refractivity contribution is 0.0605. The Labute approximate surface area is 94.5 Å². The average Bonchev–Trinajstić information content (AvgIpc) is 2.64. The molecule has 0 saturated heterocycles. The molecule has 1 aromatic rings. The van der Waals surface area contributed by atoms with Crippen LogP contribution >= 0.6 is 11.3 Å². The first-order valence-electron chi connectivity index (χ1n) is 4.84. The first kappa shape index (κ1) is 12.2. The van der Waals surface area contributed by atoms with Gasteiger partial charge in [0, 0.05) is 5.54 Å². The van der Waals surface area contributed by atoms with Crippen LogP contribution in [0, 0.1) is 0 Å². The van der Waals surface area contributed by atoms with Crippen molar-refractivity contribution in [2.24, 2.45) is 0 Å². The van der Waals surface area contributed by atoms with Crippen molar-refractivity contribution in [2.75, 3.05) is 14.2 Å². The van der Waals surface area contributed by atoms with Crippen LogP contribution in [0.3, 0.4) is 0 Å². The fourth-order valence-electron chi connectivity index (χ4n) is 1.31. The first-order chi connectivity index (χ1) is 7.00. The molecular weight excluding hydrogens is 210 g/mol. The molecule has 0 spiro atoms. The SMILES string of the molecule is CNC(C)(C)Cc1ccsc1C(=O)OC. The van der Waals surface area contributed by atoms with Crippen molar-refractivity contribution in [2.45, 2.75) is 25.8 Å². The van der Waals surface area contributed by atoms with Crippen molar-refractivity contribution >= 4 is 17.3 Å². The lowest BCUT2D eigenvalue weighted by Crippen LogP contribution is -2.38. The van der Waals surface area contributed by atoms with Gasteiger partial charge in [0.2, 0.25) is 0 Å². The van der Waals surface area contributed by atoms with E-state index in [1.807, 2.05) is 18.5 Å². The lowest BCUT2D eigenvalue weighted by Gasteiger charge is -2.23. The number of methoxy groups -OCH3 is 1. The molecule has 0 atom stereocenters. The highest BCUT2D eigenvalue weighted by molar-refractivity contribution is 7.12. The molecule has 0 fully saturated rings. The summed E-state index contributed by atoms with van der Waals surface area (Å²) < 4.78 is 4.73. The second-order valence-electron chi connectivity index (χ2n) is 4.08. The normalized spacial score (nSPS) is 11.5. The molecule has 0 radical (unpaired) electrons. The van der Waals surface area contributed by atoms with E-state index in [1.165, 1.54) is 18.4 Å². The van der Waals surface area contributed by atoms with Gasteiger partial charge in [-0.3, -0.25) is 0 Å². The third kappa shape index (κ3) is 3.04. The van der Waals surface area contributed by atoms with Crippen LogP contribution in [0.15, 0.2) is 11.4 Å². The maximum atomic E-state index is 11.4. The molecule has 0 unspecified atom stereocenters. The third-order valence-electron chi connectivity index (χ3n) is 2.43. The molecular formula is C11H17NO2S. The smallest absolute Gasteiger partial charge is 0.348 e.